The number of hydrogen-bond acceptors (Lipinski definition) is 16. The van der Waals surface area contributed by atoms with Gasteiger partial charge in [-0.2, -0.15) is 4.58 Å². The SMILES string of the molecule is CCN1/C(=C/C=C/C=C/C2=[N+](CCCCCC(=O)O)c3ccc(S(=O)(=O)[O-])cc3C2(C)CCOCCOCCOCCOC)C(C)(CCOCCOCCOCCOC)c2cc(S(=O)(=O)[O-])ccc21. The summed E-state index contributed by atoms with van der Waals surface area (Å²) in [7, 11) is -6.31. The minimum Gasteiger partial charge on any atom is -0.744 e. The lowest BCUT2D eigenvalue weighted by Gasteiger charge is -2.30. The van der Waals surface area contributed by atoms with E-state index in [9.17, 15) is 35.8 Å². The lowest BCUT2D eigenvalue weighted by atomic mass is 9.76. The van der Waals surface area contributed by atoms with Gasteiger partial charge in [0, 0.05) is 81.3 Å². The summed E-state index contributed by atoms with van der Waals surface area (Å²) in [5.74, 6) is -0.868. The fourth-order valence-electron chi connectivity index (χ4n) is 8.48. The first-order valence-electron chi connectivity index (χ1n) is 23.4. The quantitative estimate of drug-likeness (QED) is 0.0386. The van der Waals surface area contributed by atoms with Crippen molar-refractivity contribution in [2.24, 2.45) is 0 Å². The molecule has 2 aromatic rings. The molecular weight excluding hydrogens is 937 g/mol. The van der Waals surface area contributed by atoms with Crippen molar-refractivity contribution in [3.05, 3.63) is 83.6 Å². The zero-order valence-corrected chi connectivity index (χ0v) is 42.3. The van der Waals surface area contributed by atoms with E-state index in [1.54, 1.807) is 26.4 Å². The average Bonchev–Trinajstić information content (AvgIpc) is 3.68. The largest absolute Gasteiger partial charge is 0.744 e. The standard InChI is InChI=1S/C49H72N2O16S2/c1-6-50-43-18-16-39(68(54,55)56)37-41(43)48(2,20-23-62-29-31-66-35-33-64-27-25-60-4)45(50)13-9-7-10-14-46-49(3,21-24-63-30-32-67-36-34-65-28-26-61-5)42-38-40(69(57,58)59)17-19-44(42)51(46)22-12-8-11-15-47(52)53/h7,9-10,13-14,16-19,37-38H,6,8,11-12,15,20-36H2,1-5H3,(H2-,52,53,54,55,56,57,58,59)/p-1. The van der Waals surface area contributed by atoms with E-state index in [0.717, 1.165) is 22.8 Å². The number of allylic oxidation sites excluding steroid dienone is 6. The smallest absolute Gasteiger partial charge is 0.303 e. The number of rotatable bonds is 36. The van der Waals surface area contributed by atoms with Gasteiger partial charge in [-0.15, -0.1) is 0 Å². The molecule has 0 bridgehead atoms. The number of carbonyl (C=O) groups is 1. The molecule has 2 aliphatic rings. The van der Waals surface area contributed by atoms with Crippen LogP contribution in [0.1, 0.15) is 70.4 Å². The minimum absolute atomic E-state index is 0.0463. The van der Waals surface area contributed by atoms with Gasteiger partial charge in [0.15, 0.2) is 5.71 Å². The Kier molecular flexibility index (Phi) is 24.1. The highest BCUT2D eigenvalue weighted by atomic mass is 32.2. The summed E-state index contributed by atoms with van der Waals surface area (Å²) in [6, 6.07) is 8.88. The molecule has 0 aromatic heterocycles. The fraction of sp³-hybridized carbons (Fsp3) is 0.592. The summed E-state index contributed by atoms with van der Waals surface area (Å²) in [4.78, 5) is 12.7. The molecule has 0 radical (unpaired) electrons. The van der Waals surface area contributed by atoms with Crippen LogP contribution in [-0.2, 0) is 73.8 Å². The van der Waals surface area contributed by atoms with Crippen molar-refractivity contribution in [3.8, 4) is 0 Å². The van der Waals surface area contributed by atoms with Gasteiger partial charge in [0.05, 0.1) is 94.5 Å². The number of ether oxygens (including phenoxy) is 8. The number of likely N-dealkylation sites (N-methyl/N-ethyl adjacent to an activating group) is 1. The van der Waals surface area contributed by atoms with Gasteiger partial charge < -0.3 is 57.0 Å². The Morgan fingerprint density at radius 3 is 1.65 bits per heavy atom. The fourth-order valence-corrected chi connectivity index (χ4v) is 9.48. The highest BCUT2D eigenvalue weighted by Crippen LogP contribution is 2.50. The van der Waals surface area contributed by atoms with Gasteiger partial charge in [0.1, 0.15) is 26.8 Å². The van der Waals surface area contributed by atoms with Crippen LogP contribution in [0.5, 0.6) is 0 Å². The number of carboxylic acid groups (broad SMARTS) is 1. The molecule has 2 unspecified atom stereocenters. The number of nitrogens with zero attached hydrogens (tertiary/aromatic N) is 2. The van der Waals surface area contributed by atoms with Gasteiger partial charge >= 0.3 is 5.97 Å². The van der Waals surface area contributed by atoms with Crippen LogP contribution < -0.4 is 4.90 Å². The zero-order chi connectivity index (χ0) is 50.3. The Labute approximate surface area is 408 Å². The second kappa shape index (κ2) is 28.8. The van der Waals surface area contributed by atoms with Crippen molar-refractivity contribution in [2.45, 2.75) is 79.9 Å². The summed E-state index contributed by atoms with van der Waals surface area (Å²) in [5, 5.41) is 9.23. The van der Waals surface area contributed by atoms with Crippen LogP contribution in [0, 0.1) is 0 Å². The molecule has 2 aliphatic heterocycles. The molecule has 386 valence electrons. The Morgan fingerprint density at radius 1 is 0.652 bits per heavy atom. The highest BCUT2D eigenvalue weighted by molar-refractivity contribution is 7.86. The van der Waals surface area contributed by atoms with Crippen LogP contribution >= 0.6 is 0 Å². The van der Waals surface area contributed by atoms with Gasteiger partial charge in [0.25, 0.3) is 0 Å². The lowest BCUT2D eigenvalue weighted by Crippen LogP contribution is -2.33. The van der Waals surface area contributed by atoms with Gasteiger partial charge in [-0.3, -0.25) is 4.79 Å². The number of hydrogen-bond donors (Lipinski definition) is 1. The third kappa shape index (κ3) is 17.1. The van der Waals surface area contributed by atoms with Crippen molar-refractivity contribution in [2.75, 3.05) is 125 Å². The molecule has 1 N–H and O–H groups in total. The summed E-state index contributed by atoms with van der Waals surface area (Å²) < 4.78 is 120. The van der Waals surface area contributed by atoms with Gasteiger partial charge in [-0.1, -0.05) is 18.2 Å². The minimum atomic E-state index is -4.79. The summed E-state index contributed by atoms with van der Waals surface area (Å²) in [6.45, 7) is 12.6. The molecular formula is C49H71N2O16S2-. The van der Waals surface area contributed by atoms with E-state index in [1.165, 1.54) is 24.3 Å². The number of methoxy groups -OCH3 is 2. The molecule has 0 spiro atoms. The second-order valence-electron chi connectivity index (χ2n) is 16.9. The topological polar surface area (TPSA) is 232 Å². The van der Waals surface area contributed by atoms with Crippen molar-refractivity contribution >= 4 is 43.3 Å². The predicted molar refractivity (Wildman–Crippen MR) is 257 cm³/mol. The van der Waals surface area contributed by atoms with E-state index in [-0.39, 0.29) is 22.8 Å². The summed E-state index contributed by atoms with van der Waals surface area (Å²) in [6.07, 6.45) is 12.3. The third-order valence-corrected chi connectivity index (χ3v) is 13.8. The number of aliphatic carboxylic acids is 1. The zero-order valence-electron chi connectivity index (χ0n) is 40.7. The third-order valence-electron chi connectivity index (χ3n) is 12.2. The molecule has 0 fully saturated rings. The van der Waals surface area contributed by atoms with E-state index in [0.29, 0.717) is 142 Å². The maximum absolute atomic E-state index is 12.3. The normalized spacial score (nSPS) is 18.9. The Morgan fingerprint density at radius 2 is 1.14 bits per heavy atom. The Hall–Kier alpha value is -3.90. The van der Waals surface area contributed by atoms with E-state index in [1.807, 2.05) is 51.2 Å². The number of unbranched alkanes of at least 4 members (excludes halogenated alkanes) is 2. The van der Waals surface area contributed by atoms with E-state index in [2.05, 4.69) is 9.48 Å². The van der Waals surface area contributed by atoms with E-state index in [4.69, 9.17) is 37.9 Å². The molecule has 69 heavy (non-hydrogen) atoms. The lowest BCUT2D eigenvalue weighted by molar-refractivity contribution is -0.438. The monoisotopic (exact) mass is 1010 g/mol. The van der Waals surface area contributed by atoms with Crippen LogP contribution in [0.15, 0.2) is 82.3 Å². The van der Waals surface area contributed by atoms with Crippen molar-refractivity contribution in [1.29, 1.82) is 0 Å². The van der Waals surface area contributed by atoms with Crippen molar-refractivity contribution < 1.29 is 78.3 Å². The molecule has 0 saturated carbocycles. The van der Waals surface area contributed by atoms with Crippen LogP contribution in [0.25, 0.3) is 0 Å². The number of benzene rings is 2. The van der Waals surface area contributed by atoms with Crippen LogP contribution in [0.2, 0.25) is 0 Å². The first kappa shape index (κ1) is 57.7. The molecule has 2 heterocycles. The van der Waals surface area contributed by atoms with Crippen LogP contribution in [-0.4, -0.2) is 167 Å². The highest BCUT2D eigenvalue weighted by Gasteiger charge is 2.48. The number of carboxylic acids is 1. The number of anilines is 1. The molecule has 2 aromatic carbocycles. The summed E-state index contributed by atoms with van der Waals surface area (Å²) in [5.41, 5.74) is 3.01. The predicted octanol–water partition coefficient (Wildman–Crippen LogP) is 5.46. The Bertz CT molecular complexity index is 2300. The summed E-state index contributed by atoms with van der Waals surface area (Å²) >= 11 is 0. The second-order valence-corrected chi connectivity index (χ2v) is 19.6. The first-order valence-corrected chi connectivity index (χ1v) is 26.2. The maximum Gasteiger partial charge on any atom is 0.303 e. The van der Waals surface area contributed by atoms with Crippen molar-refractivity contribution in [3.63, 3.8) is 0 Å². The molecule has 2 atom stereocenters. The van der Waals surface area contributed by atoms with Crippen LogP contribution in [0.4, 0.5) is 11.4 Å². The molecule has 0 amide bonds. The van der Waals surface area contributed by atoms with Gasteiger partial charge in [-0.05, 0) is 88.4 Å². The van der Waals surface area contributed by atoms with Crippen molar-refractivity contribution in [1.82, 2.24) is 0 Å². The van der Waals surface area contributed by atoms with Crippen LogP contribution in [0.3, 0.4) is 0 Å². The van der Waals surface area contributed by atoms with Gasteiger partial charge in [0.2, 0.25) is 5.69 Å². The maximum atomic E-state index is 12.3. The molecule has 20 heteroatoms. The first-order chi connectivity index (χ1) is 33.0. The van der Waals surface area contributed by atoms with E-state index < -0.39 is 37.0 Å². The average molecular weight is 1010 g/mol. The Balaban J connectivity index is 1.62. The molecule has 0 saturated heterocycles. The molecule has 18 nitrogen and oxygen atoms in total. The van der Waals surface area contributed by atoms with E-state index >= 15 is 0 Å². The molecule has 4 rings (SSSR count). The molecule has 0 aliphatic carbocycles. The van der Waals surface area contributed by atoms with Gasteiger partial charge in [-0.25, -0.2) is 16.8 Å². The number of fused-ring (bicyclic) bond motifs is 2.